The van der Waals surface area contributed by atoms with Crippen molar-refractivity contribution in [2.24, 2.45) is 0 Å². The zero-order chi connectivity index (χ0) is 20.3. The van der Waals surface area contributed by atoms with Gasteiger partial charge in [-0.3, -0.25) is 9.55 Å². The van der Waals surface area contributed by atoms with Crippen LogP contribution in [0.3, 0.4) is 0 Å². The molecule has 4 rings (SSSR count). The zero-order valence-corrected chi connectivity index (χ0v) is 15.9. The van der Waals surface area contributed by atoms with E-state index in [0.29, 0.717) is 16.7 Å². The number of para-hydroxylation sites is 1. The Hall–Kier alpha value is -3.13. The van der Waals surface area contributed by atoms with E-state index < -0.39 is 11.7 Å². The van der Waals surface area contributed by atoms with Crippen LogP contribution in [0.1, 0.15) is 11.1 Å². The van der Waals surface area contributed by atoms with Crippen molar-refractivity contribution >= 4 is 11.8 Å². The second-order valence-corrected chi connectivity index (χ2v) is 7.14. The lowest BCUT2D eigenvalue weighted by Crippen LogP contribution is -2.04. The number of hydrogen-bond acceptors (Lipinski definition) is 4. The molecule has 0 amide bonds. The topological polar surface area (TPSA) is 43.6 Å². The molecule has 0 aliphatic rings. The van der Waals surface area contributed by atoms with Crippen LogP contribution < -0.4 is 0 Å². The number of benzene rings is 2. The molecule has 0 saturated carbocycles. The second-order valence-electron chi connectivity index (χ2n) is 6.20. The summed E-state index contributed by atoms with van der Waals surface area (Å²) in [5, 5.41) is 9.28. The van der Waals surface area contributed by atoms with E-state index in [-0.39, 0.29) is 0 Å². The Morgan fingerprint density at radius 2 is 1.62 bits per heavy atom. The summed E-state index contributed by atoms with van der Waals surface area (Å²) in [6.07, 6.45) is -0.932. The Kier molecular flexibility index (Phi) is 5.35. The molecule has 2 aromatic heterocycles. The van der Waals surface area contributed by atoms with Gasteiger partial charge in [0.05, 0.1) is 5.56 Å². The lowest BCUT2D eigenvalue weighted by Gasteiger charge is -2.10. The number of pyridine rings is 1. The van der Waals surface area contributed by atoms with Crippen molar-refractivity contribution < 1.29 is 13.2 Å². The smallest absolute Gasteiger partial charge is 0.270 e. The maximum absolute atomic E-state index is 12.7. The van der Waals surface area contributed by atoms with Crippen LogP contribution in [0.2, 0.25) is 0 Å². The molecule has 0 unspecified atom stereocenters. The average molecular weight is 412 g/mol. The summed E-state index contributed by atoms with van der Waals surface area (Å²) in [7, 11) is 0. The van der Waals surface area contributed by atoms with Crippen molar-refractivity contribution in [2.75, 3.05) is 0 Å². The van der Waals surface area contributed by atoms with E-state index >= 15 is 0 Å². The minimum atomic E-state index is -4.34. The molecular formula is C21H15F3N4S. The van der Waals surface area contributed by atoms with Crippen LogP contribution in [0.25, 0.3) is 17.1 Å². The zero-order valence-electron chi connectivity index (χ0n) is 15.0. The van der Waals surface area contributed by atoms with Gasteiger partial charge in [-0.2, -0.15) is 13.2 Å². The maximum atomic E-state index is 12.7. The summed E-state index contributed by atoms with van der Waals surface area (Å²) in [4.78, 5) is 4.15. The fraction of sp³-hybridized carbons (Fsp3) is 0.0952. The monoisotopic (exact) mass is 412 g/mol. The molecule has 0 aliphatic heterocycles. The van der Waals surface area contributed by atoms with Gasteiger partial charge in [0.1, 0.15) is 0 Å². The van der Waals surface area contributed by atoms with E-state index in [1.54, 1.807) is 12.4 Å². The Morgan fingerprint density at radius 3 is 2.28 bits per heavy atom. The highest BCUT2D eigenvalue weighted by atomic mass is 32.2. The van der Waals surface area contributed by atoms with Crippen molar-refractivity contribution in [3.05, 3.63) is 90.3 Å². The highest BCUT2D eigenvalue weighted by Gasteiger charge is 2.29. The first-order valence-electron chi connectivity index (χ1n) is 8.72. The molecule has 146 valence electrons. The number of thioether (sulfide) groups is 1. The Morgan fingerprint density at radius 1 is 0.862 bits per heavy atom. The Balaban J connectivity index is 1.63. The summed E-state index contributed by atoms with van der Waals surface area (Å²) in [5.41, 5.74) is 1.84. The normalized spacial score (nSPS) is 11.6. The molecule has 0 radical (unpaired) electrons. The van der Waals surface area contributed by atoms with Crippen LogP contribution >= 0.6 is 11.8 Å². The van der Waals surface area contributed by atoms with Crippen molar-refractivity contribution in [2.45, 2.75) is 17.1 Å². The van der Waals surface area contributed by atoms with Crippen molar-refractivity contribution in [3.63, 3.8) is 0 Å². The molecule has 0 aliphatic carbocycles. The molecule has 8 heteroatoms. The van der Waals surface area contributed by atoms with Gasteiger partial charge in [0.15, 0.2) is 11.0 Å². The fourth-order valence-corrected chi connectivity index (χ4v) is 3.70. The molecule has 0 atom stereocenters. The largest absolute Gasteiger partial charge is 0.416 e. The van der Waals surface area contributed by atoms with Gasteiger partial charge < -0.3 is 0 Å². The van der Waals surface area contributed by atoms with Gasteiger partial charge in [0.2, 0.25) is 0 Å². The maximum Gasteiger partial charge on any atom is 0.416 e. The van der Waals surface area contributed by atoms with Gasteiger partial charge in [0, 0.05) is 29.4 Å². The fourth-order valence-electron chi connectivity index (χ4n) is 2.79. The van der Waals surface area contributed by atoms with E-state index in [0.717, 1.165) is 28.9 Å². The highest BCUT2D eigenvalue weighted by molar-refractivity contribution is 7.98. The van der Waals surface area contributed by atoms with Crippen LogP contribution in [-0.4, -0.2) is 19.7 Å². The van der Waals surface area contributed by atoms with Crippen molar-refractivity contribution in [3.8, 4) is 17.1 Å². The lowest BCUT2D eigenvalue weighted by atomic mass is 10.1. The molecule has 29 heavy (non-hydrogen) atoms. The average Bonchev–Trinajstić information content (AvgIpc) is 3.17. The van der Waals surface area contributed by atoms with Gasteiger partial charge in [-0.15, -0.1) is 10.2 Å². The summed E-state index contributed by atoms with van der Waals surface area (Å²) in [6, 6.07) is 18.6. The number of nitrogens with zero attached hydrogens (tertiary/aromatic N) is 4. The number of aromatic nitrogens is 4. The first kappa shape index (κ1) is 19.2. The van der Waals surface area contributed by atoms with Crippen LogP contribution in [0, 0.1) is 0 Å². The van der Waals surface area contributed by atoms with Crippen molar-refractivity contribution in [1.29, 1.82) is 0 Å². The van der Waals surface area contributed by atoms with E-state index in [2.05, 4.69) is 15.2 Å². The minimum Gasteiger partial charge on any atom is -0.270 e. The predicted molar refractivity (Wildman–Crippen MR) is 106 cm³/mol. The third-order valence-corrected chi connectivity index (χ3v) is 5.22. The highest BCUT2D eigenvalue weighted by Crippen LogP contribution is 2.32. The third kappa shape index (κ3) is 4.32. The number of hydrogen-bond donors (Lipinski definition) is 0. The summed E-state index contributed by atoms with van der Waals surface area (Å²) >= 11 is 1.41. The van der Waals surface area contributed by atoms with Crippen LogP contribution in [0.4, 0.5) is 13.2 Å². The molecule has 0 fully saturated rings. The van der Waals surface area contributed by atoms with Crippen LogP contribution in [0.15, 0.2) is 84.3 Å². The molecule has 0 saturated heterocycles. The van der Waals surface area contributed by atoms with Crippen LogP contribution in [-0.2, 0) is 11.9 Å². The van der Waals surface area contributed by atoms with E-state index in [1.807, 2.05) is 47.0 Å². The molecular weight excluding hydrogens is 397 g/mol. The molecule has 0 N–H and O–H groups in total. The molecule has 4 nitrogen and oxygen atoms in total. The summed E-state index contributed by atoms with van der Waals surface area (Å²) < 4.78 is 40.2. The van der Waals surface area contributed by atoms with Gasteiger partial charge in [-0.1, -0.05) is 42.1 Å². The van der Waals surface area contributed by atoms with Gasteiger partial charge in [0.25, 0.3) is 0 Å². The van der Waals surface area contributed by atoms with E-state index in [9.17, 15) is 13.2 Å². The molecule has 4 aromatic rings. The Labute approximate surface area is 169 Å². The molecule has 2 aromatic carbocycles. The molecule has 0 bridgehead atoms. The van der Waals surface area contributed by atoms with Crippen LogP contribution in [0.5, 0.6) is 0 Å². The summed E-state index contributed by atoms with van der Waals surface area (Å²) in [5.74, 6) is 1.12. The first-order valence-corrected chi connectivity index (χ1v) is 9.71. The minimum absolute atomic E-state index is 0.468. The summed E-state index contributed by atoms with van der Waals surface area (Å²) in [6.45, 7) is 0. The lowest BCUT2D eigenvalue weighted by molar-refractivity contribution is -0.137. The number of alkyl halides is 3. The SMILES string of the molecule is FC(F)(F)c1ccc(CSc2nnc(-c3cccnc3)n2-c2ccccc2)cc1. The Bertz CT molecular complexity index is 1080. The van der Waals surface area contributed by atoms with Gasteiger partial charge >= 0.3 is 6.18 Å². The first-order chi connectivity index (χ1) is 14.0. The van der Waals surface area contributed by atoms with Crippen molar-refractivity contribution in [1.82, 2.24) is 19.7 Å². The molecule has 0 spiro atoms. The quantitative estimate of drug-likeness (QED) is 0.398. The van der Waals surface area contributed by atoms with E-state index in [4.69, 9.17) is 0 Å². The predicted octanol–water partition coefficient (Wildman–Crippen LogP) is 5.64. The van der Waals surface area contributed by atoms with Gasteiger partial charge in [-0.05, 0) is 42.0 Å². The standard InChI is InChI=1S/C21H15F3N4S/c22-21(23,24)17-10-8-15(9-11-17)14-29-20-27-26-19(16-5-4-12-25-13-16)28(20)18-6-2-1-3-7-18/h1-13H,14H2. The second kappa shape index (κ2) is 8.08. The number of rotatable bonds is 5. The third-order valence-electron chi connectivity index (χ3n) is 4.22. The van der Waals surface area contributed by atoms with Gasteiger partial charge in [-0.25, -0.2) is 0 Å². The molecule has 2 heterocycles. The number of halogens is 3. The van der Waals surface area contributed by atoms with E-state index in [1.165, 1.54) is 23.9 Å².